The zero-order chi connectivity index (χ0) is 13.2. The number of pyridine rings is 1. The lowest BCUT2D eigenvalue weighted by Gasteiger charge is -2.06. The zero-order valence-corrected chi connectivity index (χ0v) is 10.6. The Bertz CT molecular complexity index is 372. The van der Waals surface area contributed by atoms with Crippen molar-refractivity contribution in [3.63, 3.8) is 0 Å². The van der Waals surface area contributed by atoms with Crippen LogP contribution in [-0.4, -0.2) is 30.6 Å². The van der Waals surface area contributed by atoms with Crippen LogP contribution in [0.3, 0.4) is 0 Å². The topological polar surface area (TPSA) is 51.2 Å². The van der Waals surface area contributed by atoms with Crippen molar-refractivity contribution in [2.24, 2.45) is 0 Å². The summed E-state index contributed by atoms with van der Waals surface area (Å²) in [5.74, 6) is -0.935. The van der Waals surface area contributed by atoms with Crippen LogP contribution in [0.2, 0.25) is 0 Å². The summed E-state index contributed by atoms with van der Waals surface area (Å²) in [6, 6.07) is 2.60. The van der Waals surface area contributed by atoms with E-state index in [1.807, 2.05) is 0 Å². The Balaban J connectivity index is 2.14. The summed E-state index contributed by atoms with van der Waals surface area (Å²) in [4.78, 5) is 15.0. The van der Waals surface area contributed by atoms with Crippen molar-refractivity contribution in [2.45, 2.75) is 26.2 Å². The first kappa shape index (κ1) is 14.6. The van der Waals surface area contributed by atoms with E-state index < -0.39 is 5.95 Å². The normalized spacial score (nSPS) is 10.3. The van der Waals surface area contributed by atoms with Crippen LogP contribution < -0.4 is 5.32 Å². The van der Waals surface area contributed by atoms with Crippen molar-refractivity contribution >= 4 is 5.91 Å². The van der Waals surface area contributed by atoms with E-state index in [0.717, 1.165) is 31.9 Å². The van der Waals surface area contributed by atoms with E-state index in [2.05, 4.69) is 17.2 Å². The maximum atomic E-state index is 12.8. The number of hydrogen-bond acceptors (Lipinski definition) is 3. The largest absolute Gasteiger partial charge is 0.381 e. The van der Waals surface area contributed by atoms with Crippen molar-refractivity contribution < 1.29 is 13.9 Å². The van der Waals surface area contributed by atoms with E-state index in [1.165, 1.54) is 12.3 Å². The maximum Gasteiger partial charge on any atom is 0.251 e. The Labute approximate surface area is 107 Å². The molecule has 1 aromatic rings. The van der Waals surface area contributed by atoms with E-state index in [-0.39, 0.29) is 11.5 Å². The van der Waals surface area contributed by atoms with Crippen LogP contribution in [0.5, 0.6) is 0 Å². The van der Waals surface area contributed by atoms with Gasteiger partial charge in [0.05, 0.1) is 0 Å². The Hall–Kier alpha value is -1.49. The average molecular weight is 254 g/mol. The number of halogens is 1. The second-order valence-electron chi connectivity index (χ2n) is 3.94. The average Bonchev–Trinajstić information content (AvgIpc) is 2.37. The molecule has 0 aliphatic heterocycles. The van der Waals surface area contributed by atoms with Crippen LogP contribution in [0.4, 0.5) is 4.39 Å². The Morgan fingerprint density at radius 3 is 2.94 bits per heavy atom. The molecule has 1 aromatic heterocycles. The molecule has 1 N–H and O–H groups in total. The second-order valence-corrected chi connectivity index (χ2v) is 3.94. The highest BCUT2D eigenvalue weighted by atomic mass is 19.1. The fourth-order valence-electron chi connectivity index (χ4n) is 1.37. The summed E-state index contributed by atoms with van der Waals surface area (Å²) >= 11 is 0. The standard InChI is InChI=1S/C13H19FN2O2/c1-2-3-8-18-9-4-6-16-13(17)11-5-7-15-12(14)10-11/h5,7,10H,2-4,6,8-9H2,1H3,(H,16,17). The van der Waals surface area contributed by atoms with Crippen molar-refractivity contribution in [3.8, 4) is 0 Å². The summed E-state index contributed by atoms with van der Waals surface area (Å²) in [6.07, 6.45) is 4.20. The number of hydrogen-bond donors (Lipinski definition) is 1. The van der Waals surface area contributed by atoms with Gasteiger partial charge in [0.25, 0.3) is 5.91 Å². The number of aromatic nitrogens is 1. The van der Waals surface area contributed by atoms with Gasteiger partial charge in [-0.25, -0.2) is 4.98 Å². The third kappa shape index (κ3) is 5.72. The molecule has 0 saturated carbocycles. The van der Waals surface area contributed by atoms with E-state index in [9.17, 15) is 9.18 Å². The summed E-state index contributed by atoms with van der Waals surface area (Å²) in [6.45, 7) is 4.03. The van der Waals surface area contributed by atoms with Crippen LogP contribution >= 0.6 is 0 Å². The Morgan fingerprint density at radius 1 is 1.44 bits per heavy atom. The number of rotatable bonds is 8. The maximum absolute atomic E-state index is 12.8. The molecule has 1 amide bonds. The quantitative estimate of drug-likeness (QED) is 0.571. The molecule has 18 heavy (non-hydrogen) atoms. The van der Waals surface area contributed by atoms with Gasteiger partial charge in [0, 0.05) is 37.6 Å². The van der Waals surface area contributed by atoms with E-state index in [0.29, 0.717) is 13.2 Å². The molecule has 0 aliphatic carbocycles. The highest BCUT2D eigenvalue weighted by molar-refractivity contribution is 5.93. The van der Waals surface area contributed by atoms with Crippen LogP contribution in [0, 0.1) is 5.95 Å². The number of unbranched alkanes of at least 4 members (excludes halogenated alkanes) is 1. The molecule has 1 heterocycles. The monoisotopic (exact) mass is 254 g/mol. The first-order valence-electron chi connectivity index (χ1n) is 6.21. The number of amides is 1. The van der Waals surface area contributed by atoms with Gasteiger partial charge in [-0.2, -0.15) is 4.39 Å². The first-order valence-corrected chi connectivity index (χ1v) is 6.21. The molecule has 4 nitrogen and oxygen atoms in total. The van der Waals surface area contributed by atoms with Crippen LogP contribution in [0.15, 0.2) is 18.3 Å². The van der Waals surface area contributed by atoms with Gasteiger partial charge < -0.3 is 10.1 Å². The molecule has 0 saturated heterocycles. The van der Waals surface area contributed by atoms with Crippen molar-refractivity contribution in [1.82, 2.24) is 10.3 Å². The lowest BCUT2D eigenvalue weighted by Crippen LogP contribution is -2.25. The molecule has 5 heteroatoms. The molecule has 100 valence electrons. The zero-order valence-electron chi connectivity index (χ0n) is 10.6. The van der Waals surface area contributed by atoms with Crippen molar-refractivity contribution in [2.75, 3.05) is 19.8 Å². The number of carbonyl (C=O) groups excluding carboxylic acids is 1. The molecular formula is C13H19FN2O2. The van der Waals surface area contributed by atoms with E-state index in [1.54, 1.807) is 0 Å². The summed E-state index contributed by atoms with van der Waals surface area (Å²) in [5.41, 5.74) is 0.286. The molecule has 0 bridgehead atoms. The lowest BCUT2D eigenvalue weighted by molar-refractivity contribution is 0.0940. The van der Waals surface area contributed by atoms with E-state index in [4.69, 9.17) is 4.74 Å². The van der Waals surface area contributed by atoms with Gasteiger partial charge >= 0.3 is 0 Å². The van der Waals surface area contributed by atoms with Crippen molar-refractivity contribution in [3.05, 3.63) is 29.8 Å². The van der Waals surface area contributed by atoms with Crippen molar-refractivity contribution in [1.29, 1.82) is 0 Å². The number of carbonyl (C=O) groups is 1. The minimum absolute atomic E-state index is 0.286. The van der Waals surface area contributed by atoms with Crippen LogP contribution in [-0.2, 0) is 4.74 Å². The lowest BCUT2D eigenvalue weighted by atomic mass is 10.2. The summed E-state index contributed by atoms with van der Waals surface area (Å²) in [5, 5.41) is 2.70. The van der Waals surface area contributed by atoms with Gasteiger partial charge in [0.2, 0.25) is 5.95 Å². The van der Waals surface area contributed by atoms with Crippen LogP contribution in [0.25, 0.3) is 0 Å². The van der Waals surface area contributed by atoms with E-state index >= 15 is 0 Å². The Morgan fingerprint density at radius 2 is 2.22 bits per heavy atom. The van der Waals surface area contributed by atoms with Gasteiger partial charge in [-0.1, -0.05) is 13.3 Å². The highest BCUT2D eigenvalue weighted by Crippen LogP contribution is 2.00. The van der Waals surface area contributed by atoms with Gasteiger partial charge in [0.1, 0.15) is 0 Å². The summed E-state index contributed by atoms with van der Waals surface area (Å²) < 4.78 is 18.1. The third-order valence-corrected chi connectivity index (χ3v) is 2.38. The number of nitrogens with one attached hydrogen (secondary N) is 1. The summed E-state index contributed by atoms with van der Waals surface area (Å²) in [7, 11) is 0. The molecule has 0 fully saturated rings. The molecule has 0 aromatic carbocycles. The minimum Gasteiger partial charge on any atom is -0.381 e. The first-order chi connectivity index (χ1) is 8.74. The van der Waals surface area contributed by atoms with Gasteiger partial charge in [0.15, 0.2) is 0 Å². The molecule has 0 radical (unpaired) electrons. The third-order valence-electron chi connectivity index (χ3n) is 2.38. The second kappa shape index (κ2) is 8.58. The molecule has 0 aliphatic rings. The Kier molecular flexibility index (Phi) is 6.94. The predicted molar refractivity (Wildman–Crippen MR) is 66.9 cm³/mol. The highest BCUT2D eigenvalue weighted by Gasteiger charge is 2.05. The fourth-order valence-corrected chi connectivity index (χ4v) is 1.37. The minimum atomic E-state index is -0.648. The molecule has 0 unspecified atom stereocenters. The predicted octanol–water partition coefficient (Wildman–Crippen LogP) is 2.16. The molecular weight excluding hydrogens is 235 g/mol. The molecule has 0 spiro atoms. The van der Waals surface area contributed by atoms with Gasteiger partial charge in [-0.05, 0) is 18.9 Å². The van der Waals surface area contributed by atoms with Gasteiger partial charge in [-0.15, -0.1) is 0 Å². The molecule has 0 atom stereocenters. The number of ether oxygens (including phenoxy) is 1. The van der Waals surface area contributed by atoms with Crippen LogP contribution in [0.1, 0.15) is 36.5 Å². The van der Waals surface area contributed by atoms with Gasteiger partial charge in [-0.3, -0.25) is 4.79 Å². The smallest absolute Gasteiger partial charge is 0.251 e. The fraction of sp³-hybridized carbons (Fsp3) is 0.538. The number of nitrogens with zero attached hydrogens (tertiary/aromatic N) is 1. The molecule has 1 rings (SSSR count). The SMILES string of the molecule is CCCCOCCCNC(=O)c1ccnc(F)c1.